The Balaban J connectivity index is 1.64. The van der Waals surface area contributed by atoms with Gasteiger partial charge in [0.25, 0.3) is 5.91 Å². The van der Waals surface area contributed by atoms with Crippen molar-refractivity contribution in [3.63, 3.8) is 0 Å². The Labute approximate surface area is 186 Å². The minimum Gasteiger partial charge on any atom is -0.494 e. The van der Waals surface area contributed by atoms with E-state index in [4.69, 9.17) is 9.47 Å². The molecule has 1 fully saturated rings. The maximum atomic E-state index is 12.8. The molecule has 1 saturated heterocycles. The lowest BCUT2D eigenvalue weighted by atomic mass is 10.0. The van der Waals surface area contributed by atoms with E-state index >= 15 is 0 Å². The van der Waals surface area contributed by atoms with Crippen molar-refractivity contribution >= 4 is 11.6 Å². The number of anilines is 1. The molecule has 2 N–H and O–H groups in total. The summed E-state index contributed by atoms with van der Waals surface area (Å²) in [7, 11) is 4.08. The number of nitrogens with zero attached hydrogens (tertiary/aromatic N) is 1. The molecule has 1 atom stereocenters. The van der Waals surface area contributed by atoms with Crippen LogP contribution in [0.2, 0.25) is 0 Å². The van der Waals surface area contributed by atoms with Crippen LogP contribution in [0.25, 0.3) is 0 Å². The van der Waals surface area contributed by atoms with Crippen LogP contribution in [0.5, 0.6) is 5.75 Å². The summed E-state index contributed by atoms with van der Waals surface area (Å²) in [5, 5.41) is 3.15. The van der Waals surface area contributed by atoms with Crippen molar-refractivity contribution < 1.29 is 19.2 Å². The summed E-state index contributed by atoms with van der Waals surface area (Å²) in [6.07, 6.45) is 2.13. The van der Waals surface area contributed by atoms with Gasteiger partial charge in [0.15, 0.2) is 0 Å². The SMILES string of the molecule is CCCCOc1ccc(C(=O)NC[C@H](c2ccc(N(C)C)cc2)[NH+]2CCOCC2)cc1. The van der Waals surface area contributed by atoms with Gasteiger partial charge in [-0.2, -0.15) is 0 Å². The second-order valence-electron chi connectivity index (χ2n) is 8.25. The quantitative estimate of drug-likeness (QED) is 0.573. The van der Waals surface area contributed by atoms with Crippen molar-refractivity contribution in [1.29, 1.82) is 0 Å². The van der Waals surface area contributed by atoms with Crippen LogP contribution in [0, 0.1) is 0 Å². The van der Waals surface area contributed by atoms with Crippen molar-refractivity contribution in [2.24, 2.45) is 0 Å². The largest absolute Gasteiger partial charge is 0.494 e. The zero-order chi connectivity index (χ0) is 22.1. The van der Waals surface area contributed by atoms with Gasteiger partial charge < -0.3 is 24.6 Å². The maximum absolute atomic E-state index is 12.8. The summed E-state index contributed by atoms with van der Waals surface area (Å²) in [6.45, 7) is 6.84. The van der Waals surface area contributed by atoms with Gasteiger partial charge in [-0.15, -0.1) is 0 Å². The van der Waals surface area contributed by atoms with Crippen LogP contribution in [0.15, 0.2) is 48.5 Å². The monoisotopic (exact) mass is 426 g/mol. The zero-order valence-electron chi connectivity index (χ0n) is 19.0. The first-order valence-corrected chi connectivity index (χ1v) is 11.3. The van der Waals surface area contributed by atoms with E-state index in [1.165, 1.54) is 16.2 Å². The Bertz CT molecular complexity index is 800. The molecule has 0 radical (unpaired) electrons. The number of carbonyl (C=O) groups excluding carboxylic acids is 1. The number of rotatable bonds is 10. The number of carbonyl (C=O) groups is 1. The maximum Gasteiger partial charge on any atom is 0.251 e. The average molecular weight is 427 g/mol. The van der Waals surface area contributed by atoms with Crippen LogP contribution in [-0.4, -0.2) is 59.5 Å². The van der Waals surface area contributed by atoms with E-state index in [1.807, 2.05) is 38.4 Å². The van der Waals surface area contributed by atoms with Crippen molar-refractivity contribution in [1.82, 2.24) is 5.32 Å². The van der Waals surface area contributed by atoms with E-state index in [1.54, 1.807) is 0 Å². The van der Waals surface area contributed by atoms with Gasteiger partial charge >= 0.3 is 0 Å². The van der Waals surface area contributed by atoms with Crippen molar-refractivity contribution in [3.05, 3.63) is 59.7 Å². The molecule has 0 saturated carbocycles. The first-order chi connectivity index (χ1) is 15.1. The summed E-state index contributed by atoms with van der Waals surface area (Å²) in [4.78, 5) is 16.3. The Morgan fingerprint density at radius 2 is 1.77 bits per heavy atom. The second-order valence-corrected chi connectivity index (χ2v) is 8.25. The molecule has 3 rings (SSSR count). The molecule has 1 aliphatic heterocycles. The Kier molecular flexibility index (Phi) is 8.74. The molecular weight excluding hydrogens is 390 g/mol. The number of hydrogen-bond acceptors (Lipinski definition) is 4. The molecular formula is C25H36N3O3+. The highest BCUT2D eigenvalue weighted by Gasteiger charge is 2.27. The molecule has 1 amide bonds. The third-order valence-corrected chi connectivity index (χ3v) is 5.79. The molecule has 0 aromatic heterocycles. The summed E-state index contributed by atoms with van der Waals surface area (Å²) < 4.78 is 11.2. The zero-order valence-corrected chi connectivity index (χ0v) is 19.0. The van der Waals surface area contributed by atoms with E-state index in [-0.39, 0.29) is 11.9 Å². The highest BCUT2D eigenvalue weighted by Crippen LogP contribution is 2.17. The summed E-state index contributed by atoms with van der Waals surface area (Å²) in [6, 6.07) is 16.2. The molecule has 0 aliphatic carbocycles. The van der Waals surface area contributed by atoms with Crippen LogP contribution >= 0.6 is 0 Å². The van der Waals surface area contributed by atoms with Gasteiger partial charge in [-0.25, -0.2) is 0 Å². The first-order valence-electron chi connectivity index (χ1n) is 11.3. The molecule has 2 aromatic rings. The molecule has 31 heavy (non-hydrogen) atoms. The van der Waals surface area contributed by atoms with Crippen molar-refractivity contribution in [3.8, 4) is 5.75 Å². The van der Waals surface area contributed by atoms with Crippen LogP contribution < -0.4 is 19.9 Å². The van der Waals surface area contributed by atoms with Gasteiger partial charge in [0.05, 0.1) is 26.4 Å². The minimum absolute atomic E-state index is 0.0531. The predicted molar refractivity (Wildman–Crippen MR) is 124 cm³/mol. The van der Waals surface area contributed by atoms with E-state index in [9.17, 15) is 4.79 Å². The van der Waals surface area contributed by atoms with Crippen LogP contribution in [-0.2, 0) is 4.74 Å². The van der Waals surface area contributed by atoms with Crippen LogP contribution in [0.4, 0.5) is 5.69 Å². The Morgan fingerprint density at radius 3 is 2.39 bits per heavy atom. The Morgan fingerprint density at radius 1 is 1.10 bits per heavy atom. The highest BCUT2D eigenvalue weighted by atomic mass is 16.5. The molecule has 0 bridgehead atoms. The van der Waals surface area contributed by atoms with Gasteiger partial charge in [-0.3, -0.25) is 4.79 Å². The average Bonchev–Trinajstić information content (AvgIpc) is 2.81. The van der Waals surface area contributed by atoms with Gasteiger partial charge in [0, 0.05) is 30.9 Å². The number of benzene rings is 2. The first kappa shape index (κ1) is 23.1. The van der Waals surface area contributed by atoms with E-state index in [0.29, 0.717) is 18.7 Å². The number of nitrogens with one attached hydrogen (secondary N) is 2. The summed E-state index contributed by atoms with van der Waals surface area (Å²) in [5.74, 6) is 0.754. The fourth-order valence-corrected chi connectivity index (χ4v) is 3.82. The number of hydrogen-bond donors (Lipinski definition) is 2. The fraction of sp³-hybridized carbons (Fsp3) is 0.480. The number of amides is 1. The minimum atomic E-state index is -0.0531. The number of ether oxygens (including phenoxy) is 2. The molecule has 6 nitrogen and oxygen atoms in total. The summed E-state index contributed by atoms with van der Waals surface area (Å²) >= 11 is 0. The highest BCUT2D eigenvalue weighted by molar-refractivity contribution is 5.94. The fourth-order valence-electron chi connectivity index (χ4n) is 3.82. The van der Waals surface area contributed by atoms with Gasteiger partial charge in [0.2, 0.25) is 0 Å². The third kappa shape index (κ3) is 6.71. The van der Waals surface area contributed by atoms with E-state index < -0.39 is 0 Å². The molecule has 6 heteroatoms. The molecule has 1 heterocycles. The van der Waals surface area contributed by atoms with Gasteiger partial charge in [-0.1, -0.05) is 25.5 Å². The van der Waals surface area contributed by atoms with Gasteiger partial charge in [-0.05, 0) is 42.8 Å². The van der Waals surface area contributed by atoms with Crippen molar-refractivity contribution in [2.45, 2.75) is 25.8 Å². The lowest BCUT2D eigenvalue weighted by molar-refractivity contribution is -0.937. The smallest absolute Gasteiger partial charge is 0.251 e. The third-order valence-electron chi connectivity index (χ3n) is 5.79. The van der Waals surface area contributed by atoms with E-state index in [2.05, 4.69) is 41.4 Å². The Hall–Kier alpha value is -2.57. The second kappa shape index (κ2) is 11.7. The summed E-state index contributed by atoms with van der Waals surface area (Å²) in [5.41, 5.74) is 3.06. The molecule has 0 unspecified atom stereocenters. The normalized spacial score (nSPS) is 15.3. The molecule has 1 aliphatic rings. The van der Waals surface area contributed by atoms with Crippen LogP contribution in [0.3, 0.4) is 0 Å². The number of morpholine rings is 1. The van der Waals surface area contributed by atoms with Gasteiger partial charge in [0.1, 0.15) is 24.9 Å². The number of unbranched alkanes of at least 4 members (excludes halogenated alkanes) is 1. The topological polar surface area (TPSA) is 55.2 Å². The predicted octanol–water partition coefficient (Wildman–Crippen LogP) is 2.32. The van der Waals surface area contributed by atoms with E-state index in [0.717, 1.165) is 44.9 Å². The molecule has 168 valence electrons. The van der Waals surface area contributed by atoms with Crippen LogP contribution in [0.1, 0.15) is 41.7 Å². The number of quaternary nitrogens is 1. The standard InChI is InChI=1S/C25H35N3O3/c1-4-5-16-31-23-12-8-21(9-13-23)25(29)26-19-24(28-14-17-30-18-15-28)20-6-10-22(11-7-20)27(2)3/h6-13,24H,4-5,14-19H2,1-3H3,(H,26,29)/p+1/t24-/m1/s1. The van der Waals surface area contributed by atoms with Crippen molar-refractivity contribution in [2.75, 3.05) is 58.5 Å². The lowest BCUT2D eigenvalue weighted by Gasteiger charge is -2.32. The molecule has 0 spiro atoms. The lowest BCUT2D eigenvalue weighted by Crippen LogP contribution is -3.15. The molecule has 2 aromatic carbocycles.